The average molecular weight is 482 g/mol. The number of aliphatic hydroxyl groups is 1. The van der Waals surface area contributed by atoms with Crippen LogP contribution >= 0.6 is 0 Å². The summed E-state index contributed by atoms with van der Waals surface area (Å²) in [5.41, 5.74) is 3.66. The van der Waals surface area contributed by atoms with Crippen molar-refractivity contribution in [1.82, 2.24) is 15.1 Å². The molecular formula is C27H35N3O5. The summed E-state index contributed by atoms with van der Waals surface area (Å²) in [5, 5.41) is 11.5. The maximum atomic E-state index is 12.9. The average Bonchev–Trinajstić information content (AvgIpc) is 3.17. The van der Waals surface area contributed by atoms with E-state index in [1.165, 1.54) is 19.7 Å². The summed E-state index contributed by atoms with van der Waals surface area (Å²) < 4.78 is 5.51. The number of amides is 2. The molecule has 188 valence electrons. The van der Waals surface area contributed by atoms with E-state index < -0.39 is 30.2 Å². The van der Waals surface area contributed by atoms with Crippen LogP contribution in [0.25, 0.3) is 11.1 Å². The number of ether oxygens (including phenoxy) is 1. The highest BCUT2D eigenvalue weighted by atomic mass is 16.5. The number of hydrogen-bond acceptors (Lipinski definition) is 6. The predicted molar refractivity (Wildman–Crippen MR) is 134 cm³/mol. The van der Waals surface area contributed by atoms with Crippen LogP contribution < -0.4 is 5.32 Å². The highest BCUT2D eigenvalue weighted by Gasteiger charge is 2.32. The maximum absolute atomic E-state index is 12.9. The standard InChI is InChI=1S/C27H35N3O5/c1-28-26(33)25(24(32)19-31)29(2)27(34)23-12-10-22(11-13-23)21-8-6-20(7-9-21)5-3-14-30-15-4-17-35-18-16-30/h6-13,25,31H,3-5,14-19H2,1-2H3,(H,28,33). The smallest absolute Gasteiger partial charge is 0.254 e. The van der Waals surface area contributed by atoms with Gasteiger partial charge in [-0.2, -0.15) is 0 Å². The summed E-state index contributed by atoms with van der Waals surface area (Å²) >= 11 is 0. The molecule has 0 aromatic heterocycles. The Morgan fingerprint density at radius 3 is 2.31 bits per heavy atom. The zero-order chi connectivity index (χ0) is 25.2. The highest BCUT2D eigenvalue weighted by molar-refractivity contribution is 6.10. The molecular weight excluding hydrogens is 446 g/mol. The number of Topliss-reactive ketones (excluding diaryl/α,β-unsaturated/α-hetero) is 1. The lowest BCUT2D eigenvalue weighted by molar-refractivity contribution is -0.135. The Hall–Kier alpha value is -3.07. The van der Waals surface area contributed by atoms with Crippen LogP contribution in [0.15, 0.2) is 48.5 Å². The third kappa shape index (κ3) is 7.21. The van der Waals surface area contributed by atoms with E-state index in [1.807, 2.05) is 12.1 Å². The van der Waals surface area contributed by atoms with Gasteiger partial charge in [-0.3, -0.25) is 14.4 Å². The van der Waals surface area contributed by atoms with Crippen LogP contribution in [0.2, 0.25) is 0 Å². The summed E-state index contributed by atoms with van der Waals surface area (Å²) in [7, 11) is 2.76. The van der Waals surface area contributed by atoms with Gasteiger partial charge in [-0.05, 0) is 54.6 Å². The maximum Gasteiger partial charge on any atom is 0.254 e. The molecule has 3 rings (SSSR count). The zero-order valence-corrected chi connectivity index (χ0v) is 20.5. The Labute approximate surface area is 206 Å². The van der Waals surface area contributed by atoms with Crippen LogP contribution in [-0.4, -0.2) is 92.1 Å². The van der Waals surface area contributed by atoms with Gasteiger partial charge in [0.15, 0.2) is 11.8 Å². The monoisotopic (exact) mass is 481 g/mol. The second-order valence-corrected chi connectivity index (χ2v) is 8.74. The molecule has 1 atom stereocenters. The molecule has 0 radical (unpaired) electrons. The molecule has 2 amide bonds. The van der Waals surface area contributed by atoms with Crippen LogP contribution in [0.1, 0.15) is 28.8 Å². The number of hydrogen-bond donors (Lipinski definition) is 2. The van der Waals surface area contributed by atoms with Crippen molar-refractivity contribution in [3.05, 3.63) is 59.7 Å². The van der Waals surface area contributed by atoms with Gasteiger partial charge < -0.3 is 25.0 Å². The first-order chi connectivity index (χ1) is 16.9. The topological polar surface area (TPSA) is 99.2 Å². The third-order valence-electron chi connectivity index (χ3n) is 6.34. The molecule has 2 N–H and O–H groups in total. The fourth-order valence-electron chi connectivity index (χ4n) is 4.28. The molecule has 1 heterocycles. The molecule has 8 nitrogen and oxygen atoms in total. The lowest BCUT2D eigenvalue weighted by Crippen LogP contribution is -2.52. The molecule has 2 aromatic rings. The number of benzene rings is 2. The SMILES string of the molecule is CNC(=O)C(C(=O)CO)N(C)C(=O)c1ccc(-c2ccc(CCCN3CCCOCC3)cc2)cc1. The molecule has 35 heavy (non-hydrogen) atoms. The molecule has 1 fully saturated rings. The van der Waals surface area contributed by atoms with E-state index >= 15 is 0 Å². The number of ketones is 1. The van der Waals surface area contributed by atoms with E-state index in [1.54, 1.807) is 12.1 Å². The van der Waals surface area contributed by atoms with E-state index in [0.717, 1.165) is 68.1 Å². The summed E-state index contributed by atoms with van der Waals surface area (Å²) in [4.78, 5) is 40.5. The van der Waals surface area contributed by atoms with Gasteiger partial charge in [0.25, 0.3) is 5.91 Å². The molecule has 2 aromatic carbocycles. The Morgan fingerprint density at radius 1 is 1.03 bits per heavy atom. The molecule has 1 aliphatic rings. The van der Waals surface area contributed by atoms with Gasteiger partial charge in [0, 0.05) is 39.4 Å². The van der Waals surface area contributed by atoms with Crippen LogP contribution in [0, 0.1) is 0 Å². The summed E-state index contributed by atoms with van der Waals surface area (Å²) in [6, 6.07) is 14.1. The second-order valence-electron chi connectivity index (χ2n) is 8.74. The molecule has 1 saturated heterocycles. The van der Waals surface area contributed by atoms with Crippen molar-refractivity contribution >= 4 is 17.6 Å². The van der Waals surface area contributed by atoms with Crippen LogP contribution in [-0.2, 0) is 20.7 Å². The lowest BCUT2D eigenvalue weighted by Gasteiger charge is -2.25. The van der Waals surface area contributed by atoms with Crippen LogP contribution in [0.3, 0.4) is 0 Å². The van der Waals surface area contributed by atoms with Crippen molar-refractivity contribution in [2.24, 2.45) is 0 Å². The van der Waals surface area contributed by atoms with Crippen molar-refractivity contribution in [2.45, 2.75) is 25.3 Å². The van der Waals surface area contributed by atoms with Crippen molar-refractivity contribution in [3.8, 4) is 11.1 Å². The molecule has 1 aliphatic heterocycles. The lowest BCUT2D eigenvalue weighted by atomic mass is 10.0. The number of carbonyl (C=O) groups is 3. The number of rotatable bonds is 10. The van der Waals surface area contributed by atoms with Gasteiger partial charge in [0.2, 0.25) is 5.91 Å². The number of aryl methyl sites for hydroxylation is 1. The van der Waals surface area contributed by atoms with Gasteiger partial charge in [0.1, 0.15) is 6.61 Å². The number of nitrogens with zero attached hydrogens (tertiary/aromatic N) is 2. The highest BCUT2D eigenvalue weighted by Crippen LogP contribution is 2.22. The molecule has 0 aliphatic carbocycles. The minimum atomic E-state index is -1.38. The Balaban J connectivity index is 1.59. The molecule has 0 spiro atoms. The number of carbonyl (C=O) groups excluding carboxylic acids is 3. The minimum Gasteiger partial charge on any atom is -0.388 e. The molecule has 1 unspecified atom stereocenters. The third-order valence-corrected chi connectivity index (χ3v) is 6.34. The summed E-state index contributed by atoms with van der Waals surface area (Å²) in [6.07, 6.45) is 3.24. The number of nitrogens with one attached hydrogen (secondary N) is 1. The zero-order valence-electron chi connectivity index (χ0n) is 20.5. The van der Waals surface area contributed by atoms with Gasteiger partial charge in [-0.1, -0.05) is 36.4 Å². The molecule has 8 heteroatoms. The second kappa shape index (κ2) is 13.1. The fraction of sp³-hybridized carbons (Fsp3) is 0.444. The summed E-state index contributed by atoms with van der Waals surface area (Å²) in [5.74, 6) is -1.85. The quantitative estimate of drug-likeness (QED) is 0.502. The number of aliphatic hydroxyl groups excluding tert-OH is 1. The van der Waals surface area contributed by atoms with Gasteiger partial charge in [-0.25, -0.2) is 0 Å². The van der Waals surface area contributed by atoms with E-state index in [2.05, 4.69) is 34.5 Å². The predicted octanol–water partition coefficient (Wildman–Crippen LogP) is 1.76. The molecule has 0 saturated carbocycles. The normalized spacial score (nSPS) is 15.2. The van der Waals surface area contributed by atoms with Crippen molar-refractivity contribution in [3.63, 3.8) is 0 Å². The minimum absolute atomic E-state index is 0.353. The first-order valence-electron chi connectivity index (χ1n) is 12.1. The Kier molecular flexibility index (Phi) is 9.96. The van der Waals surface area contributed by atoms with Crippen molar-refractivity contribution in [1.29, 1.82) is 0 Å². The van der Waals surface area contributed by atoms with E-state index in [-0.39, 0.29) is 0 Å². The Morgan fingerprint density at radius 2 is 1.69 bits per heavy atom. The van der Waals surface area contributed by atoms with E-state index in [4.69, 9.17) is 4.74 Å². The summed E-state index contributed by atoms with van der Waals surface area (Å²) in [6.45, 7) is 4.07. The van der Waals surface area contributed by atoms with Gasteiger partial charge in [0.05, 0.1) is 6.61 Å². The van der Waals surface area contributed by atoms with Crippen LogP contribution in [0.5, 0.6) is 0 Å². The van der Waals surface area contributed by atoms with Gasteiger partial charge in [-0.15, -0.1) is 0 Å². The fourth-order valence-corrected chi connectivity index (χ4v) is 4.28. The molecule has 0 bridgehead atoms. The largest absolute Gasteiger partial charge is 0.388 e. The first kappa shape index (κ1) is 26.5. The van der Waals surface area contributed by atoms with Crippen LogP contribution in [0.4, 0.5) is 0 Å². The first-order valence-corrected chi connectivity index (χ1v) is 12.1. The van der Waals surface area contributed by atoms with Crippen molar-refractivity contribution in [2.75, 3.05) is 53.6 Å². The van der Waals surface area contributed by atoms with Crippen molar-refractivity contribution < 1.29 is 24.2 Å². The van der Waals surface area contributed by atoms with E-state index in [9.17, 15) is 19.5 Å². The van der Waals surface area contributed by atoms with E-state index in [0.29, 0.717) is 5.56 Å². The number of likely N-dealkylation sites (N-methyl/N-ethyl adjacent to an activating group) is 2. The van der Waals surface area contributed by atoms with Gasteiger partial charge >= 0.3 is 0 Å². The Bertz CT molecular complexity index is 967.